The van der Waals surface area contributed by atoms with Crippen LogP contribution in [0.15, 0.2) is 0 Å². The number of unbranched alkanes of at least 4 members (excludes halogenated alkanes) is 13. The van der Waals surface area contributed by atoms with Crippen molar-refractivity contribution in [2.24, 2.45) is 5.92 Å². The third kappa shape index (κ3) is 12.5. The molecule has 1 aliphatic carbocycles. The van der Waals surface area contributed by atoms with Crippen LogP contribution >= 0.6 is 0 Å². The van der Waals surface area contributed by atoms with Crippen molar-refractivity contribution < 1.29 is 0 Å². The second kappa shape index (κ2) is 15.9. The van der Waals surface area contributed by atoms with Crippen LogP contribution in [-0.4, -0.2) is 0 Å². The monoisotopic (exact) mass is 308 g/mol. The highest BCUT2D eigenvalue weighted by molar-refractivity contribution is 4.65. The Labute approximate surface area is 141 Å². The van der Waals surface area contributed by atoms with Crippen molar-refractivity contribution in [3.8, 4) is 0 Å². The zero-order valence-electron chi connectivity index (χ0n) is 15.7. The van der Waals surface area contributed by atoms with E-state index in [-0.39, 0.29) is 0 Å². The molecule has 0 heterocycles. The first kappa shape index (κ1) is 20.0. The lowest BCUT2D eigenvalue weighted by molar-refractivity contribution is 0.328. The predicted molar refractivity (Wildman–Crippen MR) is 102 cm³/mol. The summed E-state index contributed by atoms with van der Waals surface area (Å²) in [5.74, 6) is 1.10. The van der Waals surface area contributed by atoms with Crippen molar-refractivity contribution >= 4 is 0 Å². The molecular weight excluding hydrogens is 264 g/mol. The Kier molecular flexibility index (Phi) is 14.5. The maximum Gasteiger partial charge on any atom is -0.0414 e. The zero-order chi connectivity index (χ0) is 15.7. The van der Waals surface area contributed by atoms with E-state index in [1.54, 1.807) is 12.8 Å². The molecule has 0 saturated heterocycles. The topological polar surface area (TPSA) is 0 Å². The minimum absolute atomic E-state index is 1.10. The van der Waals surface area contributed by atoms with Crippen LogP contribution in [0.3, 0.4) is 0 Å². The fraction of sp³-hybridized carbons (Fsp3) is 1.00. The Bertz CT molecular complexity index is 202. The lowest BCUT2D eigenvalue weighted by atomic mass is 9.85. The van der Waals surface area contributed by atoms with Gasteiger partial charge >= 0.3 is 0 Å². The third-order valence-electron chi connectivity index (χ3n) is 5.69. The summed E-state index contributed by atoms with van der Waals surface area (Å²) in [5.41, 5.74) is 0. The molecule has 0 atom stereocenters. The van der Waals surface area contributed by atoms with Crippen LogP contribution in [0, 0.1) is 5.92 Å². The van der Waals surface area contributed by atoms with Gasteiger partial charge in [-0.2, -0.15) is 0 Å². The van der Waals surface area contributed by atoms with Crippen LogP contribution in [0.4, 0.5) is 0 Å². The molecule has 1 fully saturated rings. The summed E-state index contributed by atoms with van der Waals surface area (Å²) in [6.45, 7) is 2.30. The average Bonchev–Trinajstić information content (AvgIpc) is 2.56. The van der Waals surface area contributed by atoms with Gasteiger partial charge in [-0.15, -0.1) is 0 Å². The van der Waals surface area contributed by atoms with Gasteiger partial charge in [0, 0.05) is 0 Å². The molecule has 0 aliphatic heterocycles. The first-order chi connectivity index (χ1) is 10.9. The predicted octanol–water partition coefficient (Wildman–Crippen LogP) is 8.44. The van der Waals surface area contributed by atoms with E-state index < -0.39 is 0 Å². The molecule has 0 unspecified atom stereocenters. The standard InChI is InChI=1S/C22H44/c1-2-3-4-5-6-7-8-9-10-11-12-13-14-16-19-22-20-17-15-18-21-22/h22H,2-21H2,1H3. The lowest BCUT2D eigenvalue weighted by Crippen LogP contribution is -2.05. The van der Waals surface area contributed by atoms with Gasteiger partial charge in [0.2, 0.25) is 0 Å². The molecule has 22 heavy (non-hydrogen) atoms. The van der Waals surface area contributed by atoms with E-state index >= 15 is 0 Å². The SMILES string of the molecule is CCCCCCCCCCCCCCCCC1CCCCC1. The van der Waals surface area contributed by atoms with E-state index in [0.717, 1.165) is 5.92 Å². The van der Waals surface area contributed by atoms with Crippen molar-refractivity contribution in [2.45, 2.75) is 135 Å². The summed E-state index contributed by atoms with van der Waals surface area (Å²) in [6, 6.07) is 0. The molecular formula is C22H44. The highest BCUT2D eigenvalue weighted by atomic mass is 14.2. The van der Waals surface area contributed by atoms with Gasteiger partial charge < -0.3 is 0 Å². The summed E-state index contributed by atoms with van der Waals surface area (Å²) in [7, 11) is 0. The number of rotatable bonds is 15. The van der Waals surface area contributed by atoms with E-state index in [4.69, 9.17) is 0 Å². The van der Waals surface area contributed by atoms with E-state index in [1.807, 2.05) is 0 Å². The van der Waals surface area contributed by atoms with E-state index in [0.29, 0.717) is 0 Å². The van der Waals surface area contributed by atoms with Crippen molar-refractivity contribution in [3.63, 3.8) is 0 Å². The Morgan fingerprint density at radius 3 is 1.36 bits per heavy atom. The van der Waals surface area contributed by atoms with E-state index in [2.05, 4.69) is 6.92 Å². The summed E-state index contributed by atoms with van der Waals surface area (Å²) in [5, 5.41) is 0. The van der Waals surface area contributed by atoms with Crippen LogP contribution in [0.25, 0.3) is 0 Å². The van der Waals surface area contributed by atoms with Crippen LogP contribution in [0.1, 0.15) is 135 Å². The van der Waals surface area contributed by atoms with Gasteiger partial charge in [0.15, 0.2) is 0 Å². The van der Waals surface area contributed by atoms with E-state index in [9.17, 15) is 0 Å². The van der Waals surface area contributed by atoms with Crippen molar-refractivity contribution in [3.05, 3.63) is 0 Å². The summed E-state index contributed by atoms with van der Waals surface area (Å²) in [6.07, 6.45) is 29.9. The fourth-order valence-electron chi connectivity index (χ4n) is 4.10. The largest absolute Gasteiger partial charge is 0.0654 e. The molecule has 0 aromatic carbocycles. The second-order valence-corrected chi connectivity index (χ2v) is 7.89. The van der Waals surface area contributed by atoms with Gasteiger partial charge in [0.25, 0.3) is 0 Å². The first-order valence-electron chi connectivity index (χ1n) is 10.9. The maximum absolute atomic E-state index is 2.30. The van der Waals surface area contributed by atoms with Crippen LogP contribution in [0.2, 0.25) is 0 Å². The lowest BCUT2D eigenvalue weighted by Gasteiger charge is -2.21. The van der Waals surface area contributed by atoms with Gasteiger partial charge in [-0.25, -0.2) is 0 Å². The molecule has 0 amide bonds. The fourth-order valence-corrected chi connectivity index (χ4v) is 4.10. The van der Waals surface area contributed by atoms with Crippen LogP contribution in [-0.2, 0) is 0 Å². The molecule has 132 valence electrons. The number of hydrogen-bond donors (Lipinski definition) is 0. The molecule has 1 aliphatic rings. The van der Waals surface area contributed by atoms with Gasteiger partial charge in [-0.1, -0.05) is 135 Å². The number of hydrogen-bond acceptors (Lipinski definition) is 0. The molecule has 0 nitrogen and oxygen atoms in total. The normalized spacial score (nSPS) is 16.2. The minimum atomic E-state index is 1.10. The highest BCUT2D eigenvalue weighted by Crippen LogP contribution is 2.28. The summed E-state index contributed by atoms with van der Waals surface area (Å²) >= 11 is 0. The molecule has 1 rings (SSSR count). The maximum atomic E-state index is 2.30. The molecule has 0 aromatic rings. The minimum Gasteiger partial charge on any atom is -0.0654 e. The van der Waals surface area contributed by atoms with Gasteiger partial charge in [0.05, 0.1) is 0 Å². The first-order valence-corrected chi connectivity index (χ1v) is 10.9. The van der Waals surface area contributed by atoms with Gasteiger partial charge in [-0.05, 0) is 5.92 Å². The molecule has 0 aromatic heterocycles. The molecule has 0 heteroatoms. The molecule has 0 bridgehead atoms. The Balaban J connectivity index is 1.68. The third-order valence-corrected chi connectivity index (χ3v) is 5.69. The van der Waals surface area contributed by atoms with Crippen LogP contribution in [0.5, 0.6) is 0 Å². The molecule has 0 N–H and O–H groups in total. The van der Waals surface area contributed by atoms with Crippen LogP contribution < -0.4 is 0 Å². The van der Waals surface area contributed by atoms with Crippen molar-refractivity contribution in [1.29, 1.82) is 0 Å². The van der Waals surface area contributed by atoms with Gasteiger partial charge in [-0.3, -0.25) is 0 Å². The zero-order valence-corrected chi connectivity index (χ0v) is 15.7. The average molecular weight is 309 g/mol. The van der Waals surface area contributed by atoms with E-state index in [1.165, 1.54) is 116 Å². The van der Waals surface area contributed by atoms with Crippen molar-refractivity contribution in [2.75, 3.05) is 0 Å². The van der Waals surface area contributed by atoms with Gasteiger partial charge in [0.1, 0.15) is 0 Å². The second-order valence-electron chi connectivity index (χ2n) is 7.89. The Morgan fingerprint density at radius 2 is 0.909 bits per heavy atom. The Hall–Kier alpha value is 0. The quantitative estimate of drug-likeness (QED) is 0.266. The molecule has 1 saturated carbocycles. The van der Waals surface area contributed by atoms with Crippen molar-refractivity contribution in [1.82, 2.24) is 0 Å². The molecule has 0 spiro atoms. The summed E-state index contributed by atoms with van der Waals surface area (Å²) < 4.78 is 0. The summed E-state index contributed by atoms with van der Waals surface area (Å²) in [4.78, 5) is 0. The molecule has 0 radical (unpaired) electrons. The Morgan fingerprint density at radius 1 is 0.500 bits per heavy atom. The smallest absolute Gasteiger partial charge is 0.0414 e. The highest BCUT2D eigenvalue weighted by Gasteiger charge is 2.12.